The van der Waals surface area contributed by atoms with Gasteiger partial charge in [0.2, 0.25) is 11.2 Å². The van der Waals surface area contributed by atoms with E-state index >= 15 is 0 Å². The summed E-state index contributed by atoms with van der Waals surface area (Å²) in [5, 5.41) is 10.0. The summed E-state index contributed by atoms with van der Waals surface area (Å²) in [6.07, 6.45) is 0. The lowest BCUT2D eigenvalue weighted by Crippen LogP contribution is -2.18. The van der Waals surface area contributed by atoms with E-state index in [9.17, 15) is 9.90 Å². The summed E-state index contributed by atoms with van der Waals surface area (Å²) in [6, 6.07) is 10.6. The molecule has 2 aromatic carbocycles. The molecule has 0 aliphatic heterocycles. The van der Waals surface area contributed by atoms with Gasteiger partial charge in [0.25, 0.3) is 0 Å². The second-order valence-corrected chi connectivity index (χ2v) is 9.31. The summed E-state index contributed by atoms with van der Waals surface area (Å²) in [7, 11) is 0. The highest BCUT2D eigenvalue weighted by atomic mass is 16.5. The van der Waals surface area contributed by atoms with E-state index in [1.165, 1.54) is 17.7 Å². The lowest BCUT2D eigenvalue weighted by molar-refractivity contribution is 0.419. The van der Waals surface area contributed by atoms with E-state index in [2.05, 4.69) is 47.6 Å². The van der Waals surface area contributed by atoms with Gasteiger partial charge in [0, 0.05) is 11.6 Å². The first-order valence-electron chi connectivity index (χ1n) is 9.47. The van der Waals surface area contributed by atoms with Crippen molar-refractivity contribution >= 4 is 11.0 Å². The van der Waals surface area contributed by atoms with Crippen molar-refractivity contribution < 1.29 is 14.3 Å². The van der Waals surface area contributed by atoms with Crippen LogP contribution in [0.4, 0.5) is 0 Å². The van der Waals surface area contributed by atoms with Gasteiger partial charge in [0.15, 0.2) is 0 Å². The number of fused-ring (bicyclic) bond motifs is 1. The number of phenolic OH excluding ortho intramolecular Hbond substituents is 1. The van der Waals surface area contributed by atoms with Crippen LogP contribution in [0.25, 0.3) is 11.0 Å². The number of benzene rings is 2. The number of ether oxygens (including phenoxy) is 1. The van der Waals surface area contributed by atoms with E-state index in [4.69, 9.17) is 9.15 Å². The molecule has 0 atom stereocenters. The fourth-order valence-electron chi connectivity index (χ4n) is 3.18. The number of hydrogen-bond acceptors (Lipinski definition) is 4. The minimum absolute atomic E-state index is 0.0123. The smallest absolute Gasteiger partial charge is 0.235 e. The van der Waals surface area contributed by atoms with Gasteiger partial charge in [-0.3, -0.25) is 4.79 Å². The molecule has 0 amide bonds. The summed E-state index contributed by atoms with van der Waals surface area (Å²) in [5.41, 5.74) is 2.19. The molecule has 0 saturated heterocycles. The zero-order valence-electron chi connectivity index (χ0n) is 17.6. The SMILES string of the molecule is Cc1oc2cc(O)ccc2c(=O)c1Oc1ccc(C(C)(C)C)cc1C(C)(C)C. The highest BCUT2D eigenvalue weighted by Crippen LogP contribution is 2.38. The zero-order chi connectivity index (χ0) is 20.9. The molecule has 0 spiro atoms. The summed E-state index contributed by atoms with van der Waals surface area (Å²) in [4.78, 5) is 13.0. The Kier molecular flexibility index (Phi) is 4.78. The van der Waals surface area contributed by atoms with E-state index in [1.54, 1.807) is 13.0 Å². The lowest BCUT2D eigenvalue weighted by atomic mass is 9.80. The quantitative estimate of drug-likeness (QED) is 0.575. The van der Waals surface area contributed by atoms with Crippen LogP contribution in [0.2, 0.25) is 0 Å². The molecular weight excluding hydrogens is 352 g/mol. The maximum Gasteiger partial charge on any atom is 0.235 e. The summed E-state index contributed by atoms with van der Waals surface area (Å²) < 4.78 is 11.9. The standard InChI is InChI=1S/C24H28O4/c1-14-22(21(26)17-10-9-16(25)13-20(17)27-14)28-19-11-8-15(23(2,3)4)12-18(19)24(5,6)7/h8-13,25H,1-7H3. The fraction of sp³-hybridized carbons (Fsp3) is 0.375. The minimum Gasteiger partial charge on any atom is -0.508 e. The monoisotopic (exact) mass is 380 g/mol. The summed E-state index contributed by atoms with van der Waals surface area (Å²) >= 11 is 0. The molecule has 3 aromatic rings. The Hall–Kier alpha value is -2.75. The maximum absolute atomic E-state index is 13.0. The van der Waals surface area contributed by atoms with E-state index in [1.807, 2.05) is 12.1 Å². The zero-order valence-corrected chi connectivity index (χ0v) is 17.6. The van der Waals surface area contributed by atoms with Crippen LogP contribution in [0.15, 0.2) is 45.6 Å². The van der Waals surface area contributed by atoms with Crippen molar-refractivity contribution in [3.05, 3.63) is 63.5 Å². The van der Waals surface area contributed by atoms with E-state index in [0.29, 0.717) is 22.5 Å². The molecule has 0 bridgehead atoms. The number of aromatic hydroxyl groups is 1. The van der Waals surface area contributed by atoms with Crippen LogP contribution in [-0.2, 0) is 10.8 Å². The topological polar surface area (TPSA) is 59.7 Å². The average Bonchev–Trinajstić information content (AvgIpc) is 2.56. The van der Waals surface area contributed by atoms with Gasteiger partial charge in [-0.2, -0.15) is 0 Å². The van der Waals surface area contributed by atoms with E-state index in [0.717, 1.165) is 5.56 Å². The van der Waals surface area contributed by atoms with Gasteiger partial charge in [-0.15, -0.1) is 0 Å². The van der Waals surface area contributed by atoms with Crippen molar-refractivity contribution in [2.75, 3.05) is 0 Å². The largest absolute Gasteiger partial charge is 0.508 e. The first kappa shape index (κ1) is 20.0. The second-order valence-electron chi connectivity index (χ2n) is 9.31. The van der Waals surface area contributed by atoms with E-state index < -0.39 is 0 Å². The molecule has 4 heteroatoms. The Balaban J connectivity index is 2.16. The first-order chi connectivity index (χ1) is 12.9. The van der Waals surface area contributed by atoms with Crippen molar-refractivity contribution in [1.82, 2.24) is 0 Å². The molecule has 4 nitrogen and oxygen atoms in total. The van der Waals surface area contributed by atoms with Gasteiger partial charge < -0.3 is 14.3 Å². The van der Waals surface area contributed by atoms with Gasteiger partial charge in [-0.05, 0) is 41.5 Å². The Labute approximate surface area is 165 Å². The third kappa shape index (κ3) is 3.77. The molecule has 3 rings (SSSR count). The Bertz CT molecular complexity index is 1090. The second kappa shape index (κ2) is 6.69. The van der Waals surface area contributed by atoms with Crippen LogP contribution in [0.1, 0.15) is 58.4 Å². The van der Waals surface area contributed by atoms with Gasteiger partial charge in [0.1, 0.15) is 22.8 Å². The molecular formula is C24H28O4. The molecule has 0 saturated carbocycles. The Morgan fingerprint density at radius 1 is 0.929 bits per heavy atom. The maximum atomic E-state index is 13.0. The predicted octanol–water partition coefficient (Wildman–Crippen LogP) is 6.19. The van der Waals surface area contributed by atoms with Crippen molar-refractivity contribution in [2.45, 2.75) is 59.3 Å². The van der Waals surface area contributed by atoms with Crippen LogP contribution < -0.4 is 10.2 Å². The molecule has 0 aliphatic carbocycles. The summed E-state index contributed by atoms with van der Waals surface area (Å²) in [5.74, 6) is 1.25. The molecule has 28 heavy (non-hydrogen) atoms. The van der Waals surface area contributed by atoms with Crippen LogP contribution in [0, 0.1) is 6.92 Å². The number of hydrogen-bond donors (Lipinski definition) is 1. The van der Waals surface area contributed by atoms with Crippen LogP contribution in [0.3, 0.4) is 0 Å². The molecule has 1 heterocycles. The normalized spacial score (nSPS) is 12.4. The predicted molar refractivity (Wildman–Crippen MR) is 113 cm³/mol. The highest BCUT2D eigenvalue weighted by molar-refractivity contribution is 5.79. The van der Waals surface area contributed by atoms with Crippen molar-refractivity contribution in [2.24, 2.45) is 0 Å². The Morgan fingerprint density at radius 3 is 2.21 bits per heavy atom. The van der Waals surface area contributed by atoms with Crippen LogP contribution >= 0.6 is 0 Å². The molecule has 1 aromatic heterocycles. The molecule has 0 fully saturated rings. The minimum atomic E-state index is -0.251. The van der Waals surface area contributed by atoms with Crippen LogP contribution in [-0.4, -0.2) is 5.11 Å². The first-order valence-corrected chi connectivity index (χ1v) is 9.47. The van der Waals surface area contributed by atoms with Crippen molar-refractivity contribution in [1.29, 1.82) is 0 Å². The molecule has 0 unspecified atom stereocenters. The average molecular weight is 380 g/mol. The molecule has 0 radical (unpaired) electrons. The third-order valence-corrected chi connectivity index (χ3v) is 4.86. The number of phenols is 1. The molecule has 1 N–H and O–H groups in total. The molecule has 0 aliphatic rings. The lowest BCUT2D eigenvalue weighted by Gasteiger charge is -2.27. The van der Waals surface area contributed by atoms with Gasteiger partial charge in [-0.1, -0.05) is 53.7 Å². The number of rotatable bonds is 2. The van der Waals surface area contributed by atoms with Gasteiger partial charge >= 0.3 is 0 Å². The Morgan fingerprint density at radius 2 is 1.61 bits per heavy atom. The fourth-order valence-corrected chi connectivity index (χ4v) is 3.18. The summed E-state index contributed by atoms with van der Waals surface area (Å²) in [6.45, 7) is 14.6. The van der Waals surface area contributed by atoms with Crippen molar-refractivity contribution in [3.63, 3.8) is 0 Å². The van der Waals surface area contributed by atoms with Crippen molar-refractivity contribution in [3.8, 4) is 17.2 Å². The van der Waals surface area contributed by atoms with E-state index in [-0.39, 0.29) is 27.8 Å². The number of aryl methyl sites for hydroxylation is 1. The molecule has 148 valence electrons. The van der Waals surface area contributed by atoms with Gasteiger partial charge in [0.05, 0.1) is 5.39 Å². The van der Waals surface area contributed by atoms with Gasteiger partial charge in [-0.25, -0.2) is 0 Å². The third-order valence-electron chi connectivity index (χ3n) is 4.86. The van der Waals surface area contributed by atoms with Crippen LogP contribution in [0.5, 0.6) is 17.2 Å². The highest BCUT2D eigenvalue weighted by Gasteiger charge is 2.24.